The van der Waals surface area contributed by atoms with Gasteiger partial charge in [0.1, 0.15) is 29.4 Å². The van der Waals surface area contributed by atoms with Crippen molar-refractivity contribution in [2.24, 2.45) is 11.8 Å². The molecule has 0 aliphatic carbocycles. The first kappa shape index (κ1) is 23.1. The van der Waals surface area contributed by atoms with Gasteiger partial charge in [-0.3, -0.25) is 14.4 Å². The molecule has 0 aromatic heterocycles. The van der Waals surface area contributed by atoms with Crippen LogP contribution in [-0.4, -0.2) is 60.0 Å². The van der Waals surface area contributed by atoms with Crippen molar-refractivity contribution in [2.45, 2.75) is 32.0 Å². The molecule has 2 aromatic carbocycles. The molecule has 2 aromatic rings. The largest absolute Gasteiger partial charge is 0.497 e. The Bertz CT molecular complexity index is 1180. The zero-order valence-corrected chi connectivity index (χ0v) is 19.8. The monoisotopic (exact) mass is 482 g/mol. The van der Waals surface area contributed by atoms with Gasteiger partial charge in [-0.05, 0) is 49.7 Å². The van der Waals surface area contributed by atoms with Crippen molar-refractivity contribution in [2.75, 3.05) is 26.9 Å². The molecule has 0 bridgehead atoms. The zero-order chi connectivity index (χ0) is 24.9. The van der Waals surface area contributed by atoms with Crippen LogP contribution in [0.25, 0.3) is 0 Å². The summed E-state index contributed by atoms with van der Waals surface area (Å²) in [4.78, 5) is 44.0. The first-order valence-corrected chi connectivity index (χ1v) is 11.6. The van der Waals surface area contributed by atoms with Gasteiger partial charge in [-0.25, -0.2) is 4.39 Å². The number of esters is 1. The van der Waals surface area contributed by atoms with Crippen molar-refractivity contribution >= 4 is 17.8 Å². The second-order valence-corrected chi connectivity index (χ2v) is 9.25. The maximum Gasteiger partial charge on any atom is 0.312 e. The number of halogens is 1. The molecule has 2 saturated heterocycles. The molecule has 3 aliphatic rings. The van der Waals surface area contributed by atoms with Gasteiger partial charge < -0.3 is 24.0 Å². The molecule has 3 aliphatic heterocycles. The zero-order valence-electron chi connectivity index (χ0n) is 19.8. The third kappa shape index (κ3) is 3.52. The molecule has 4 atom stereocenters. The molecule has 184 valence electrons. The van der Waals surface area contributed by atoms with E-state index < -0.39 is 29.4 Å². The second-order valence-electron chi connectivity index (χ2n) is 9.25. The van der Waals surface area contributed by atoms with Gasteiger partial charge >= 0.3 is 5.97 Å². The average molecular weight is 483 g/mol. The number of carbonyl (C=O) groups is 3. The van der Waals surface area contributed by atoms with Crippen LogP contribution in [0.1, 0.15) is 31.0 Å². The van der Waals surface area contributed by atoms with Gasteiger partial charge in [0, 0.05) is 18.0 Å². The van der Waals surface area contributed by atoms with Crippen LogP contribution >= 0.6 is 0 Å². The maximum absolute atomic E-state index is 14.0. The first-order valence-electron chi connectivity index (χ1n) is 11.6. The van der Waals surface area contributed by atoms with E-state index in [4.69, 9.17) is 14.2 Å². The Balaban J connectivity index is 1.59. The van der Waals surface area contributed by atoms with E-state index in [2.05, 4.69) is 0 Å². The van der Waals surface area contributed by atoms with Crippen LogP contribution in [0, 0.1) is 17.7 Å². The van der Waals surface area contributed by atoms with Crippen molar-refractivity contribution in [3.05, 3.63) is 59.4 Å². The van der Waals surface area contributed by atoms with Crippen molar-refractivity contribution in [1.82, 2.24) is 9.80 Å². The summed E-state index contributed by atoms with van der Waals surface area (Å²) in [5, 5.41) is 0. The predicted molar refractivity (Wildman–Crippen MR) is 122 cm³/mol. The Morgan fingerprint density at radius 3 is 2.63 bits per heavy atom. The van der Waals surface area contributed by atoms with E-state index in [0.29, 0.717) is 22.6 Å². The summed E-state index contributed by atoms with van der Waals surface area (Å²) in [7, 11) is 1.55. The Kier molecular flexibility index (Phi) is 5.65. The van der Waals surface area contributed by atoms with Crippen LogP contribution in [0.4, 0.5) is 4.39 Å². The minimum Gasteiger partial charge on any atom is -0.497 e. The van der Waals surface area contributed by atoms with E-state index >= 15 is 0 Å². The van der Waals surface area contributed by atoms with Crippen LogP contribution in [0.2, 0.25) is 0 Å². The third-order valence-corrected chi connectivity index (χ3v) is 7.33. The molecular weight excluding hydrogens is 455 g/mol. The summed E-state index contributed by atoms with van der Waals surface area (Å²) in [6.45, 7) is 3.64. The molecule has 8 nitrogen and oxygen atoms in total. The number of benzene rings is 2. The molecular formula is C26H27FN2O6. The lowest BCUT2D eigenvalue weighted by Gasteiger charge is -2.47. The number of ether oxygens (including phenoxy) is 3. The van der Waals surface area contributed by atoms with Gasteiger partial charge in [0.15, 0.2) is 0 Å². The fourth-order valence-electron chi connectivity index (χ4n) is 5.84. The normalized spacial score (nSPS) is 27.0. The first-order chi connectivity index (χ1) is 16.8. The summed E-state index contributed by atoms with van der Waals surface area (Å²) in [5.74, 6) is -1.76. The van der Waals surface area contributed by atoms with Crippen molar-refractivity contribution in [3.63, 3.8) is 0 Å². The maximum atomic E-state index is 14.0. The smallest absolute Gasteiger partial charge is 0.312 e. The van der Waals surface area contributed by atoms with Crippen molar-refractivity contribution in [1.29, 1.82) is 0 Å². The molecule has 0 radical (unpaired) electrons. The molecule has 35 heavy (non-hydrogen) atoms. The summed E-state index contributed by atoms with van der Waals surface area (Å²) >= 11 is 0. The summed E-state index contributed by atoms with van der Waals surface area (Å²) in [5.41, 5.74) is -0.0803. The van der Waals surface area contributed by atoms with Crippen LogP contribution in [0.3, 0.4) is 0 Å². The quantitative estimate of drug-likeness (QED) is 0.610. The predicted octanol–water partition coefficient (Wildman–Crippen LogP) is 2.71. The fraction of sp³-hybridized carbons (Fsp3) is 0.423. The SMILES string of the molecule is CCOC(=O)[C@H]1[C@H]2COc3ccc(OC)cc3[C@@H]2N2C(=O)CN(Cc3ccc(F)cc3)C(=O)[C@@]12C. The van der Waals surface area contributed by atoms with Crippen LogP contribution < -0.4 is 9.47 Å². The highest BCUT2D eigenvalue weighted by Gasteiger charge is 2.69. The van der Waals surface area contributed by atoms with Gasteiger partial charge in [-0.15, -0.1) is 0 Å². The highest BCUT2D eigenvalue weighted by molar-refractivity contribution is 6.02. The lowest BCUT2D eigenvalue weighted by molar-refractivity contribution is -0.170. The van der Waals surface area contributed by atoms with Gasteiger partial charge in [-0.1, -0.05) is 12.1 Å². The summed E-state index contributed by atoms with van der Waals surface area (Å²) in [6.07, 6.45) is 0. The molecule has 3 heterocycles. The lowest BCUT2D eigenvalue weighted by Crippen LogP contribution is -2.67. The van der Waals surface area contributed by atoms with Crippen LogP contribution in [-0.2, 0) is 25.7 Å². The van der Waals surface area contributed by atoms with Crippen molar-refractivity contribution in [3.8, 4) is 11.5 Å². The molecule has 2 fully saturated rings. The molecule has 0 saturated carbocycles. The average Bonchev–Trinajstić information content (AvgIpc) is 3.14. The minimum atomic E-state index is -1.47. The number of nitrogens with zero attached hydrogens (tertiary/aromatic N) is 2. The number of methoxy groups -OCH3 is 1. The number of hydrogen-bond acceptors (Lipinski definition) is 6. The molecule has 2 amide bonds. The standard InChI is InChI=1S/C26H27FN2O6/c1-4-34-24(31)22-19-14-35-20-10-9-17(33-3)11-18(20)23(19)29-21(30)13-28(25(32)26(22,29)2)12-15-5-7-16(27)8-6-15/h5-11,19,22-23H,4,12-14H2,1-3H3/t19-,22-,23+,26-/m1/s1. The molecule has 0 unspecified atom stereocenters. The topological polar surface area (TPSA) is 85.4 Å². The van der Waals surface area contributed by atoms with Gasteiger partial charge in [0.25, 0.3) is 0 Å². The van der Waals surface area contributed by atoms with E-state index in [9.17, 15) is 18.8 Å². The van der Waals surface area contributed by atoms with E-state index in [-0.39, 0.29) is 43.9 Å². The molecule has 9 heteroatoms. The summed E-state index contributed by atoms with van der Waals surface area (Å²) < 4.78 is 30.2. The number of amides is 2. The number of fused-ring (bicyclic) bond motifs is 5. The lowest BCUT2D eigenvalue weighted by atomic mass is 9.77. The summed E-state index contributed by atoms with van der Waals surface area (Å²) in [6, 6.07) is 10.6. The van der Waals surface area contributed by atoms with Gasteiger partial charge in [-0.2, -0.15) is 0 Å². The van der Waals surface area contributed by atoms with E-state index in [0.717, 1.165) is 0 Å². The Morgan fingerprint density at radius 1 is 1.20 bits per heavy atom. The third-order valence-electron chi connectivity index (χ3n) is 7.33. The molecule has 0 spiro atoms. The number of carbonyl (C=O) groups excluding carboxylic acids is 3. The van der Waals surface area contributed by atoms with E-state index in [1.54, 1.807) is 56.2 Å². The highest BCUT2D eigenvalue weighted by atomic mass is 19.1. The highest BCUT2D eigenvalue weighted by Crippen LogP contribution is 2.57. The number of piperazine rings is 1. The Labute approximate surface area is 202 Å². The Hall–Kier alpha value is -3.62. The van der Waals surface area contributed by atoms with Crippen molar-refractivity contribution < 1.29 is 33.0 Å². The molecule has 0 N–H and O–H groups in total. The second kappa shape index (κ2) is 8.55. The van der Waals surface area contributed by atoms with Crippen LogP contribution in [0.5, 0.6) is 11.5 Å². The van der Waals surface area contributed by atoms with E-state index in [1.165, 1.54) is 17.0 Å². The van der Waals surface area contributed by atoms with Gasteiger partial charge in [0.2, 0.25) is 11.8 Å². The number of rotatable bonds is 5. The molecule has 5 rings (SSSR count). The van der Waals surface area contributed by atoms with Gasteiger partial charge in [0.05, 0.1) is 32.3 Å². The van der Waals surface area contributed by atoms with Crippen LogP contribution in [0.15, 0.2) is 42.5 Å². The minimum absolute atomic E-state index is 0.125. The number of hydrogen-bond donors (Lipinski definition) is 0. The fourth-order valence-corrected chi connectivity index (χ4v) is 5.84. The Morgan fingerprint density at radius 2 is 1.94 bits per heavy atom. The van der Waals surface area contributed by atoms with E-state index in [1.807, 2.05) is 0 Å².